The third-order valence-corrected chi connectivity index (χ3v) is 4.40. The Bertz CT molecular complexity index is 689. The van der Waals surface area contributed by atoms with E-state index in [1.165, 1.54) is 13.8 Å². The van der Waals surface area contributed by atoms with Gasteiger partial charge in [-0.15, -0.1) is 0 Å². The van der Waals surface area contributed by atoms with Gasteiger partial charge in [0.15, 0.2) is 0 Å². The zero-order chi connectivity index (χ0) is 22.0. The molecule has 0 unspecified atom stereocenters. The normalized spacial score (nSPS) is 11.0. The Balaban J connectivity index is -0.00000364. The van der Waals surface area contributed by atoms with Crippen molar-refractivity contribution < 1.29 is 94.4 Å². The molecule has 0 amide bonds. The van der Waals surface area contributed by atoms with Gasteiger partial charge in [0.05, 0.1) is 12.4 Å². The summed E-state index contributed by atoms with van der Waals surface area (Å²) in [5.41, 5.74) is -1.21. The number of esters is 3. The number of rotatable bonds is 13. The maximum absolute atomic E-state index is 12.7. The molecule has 0 rings (SSSR count). The van der Waals surface area contributed by atoms with Crippen molar-refractivity contribution >= 4 is 28.0 Å². The minimum absolute atomic E-state index is 0. The molecule has 0 spiro atoms. The van der Waals surface area contributed by atoms with E-state index in [2.05, 4.69) is 13.2 Å². The summed E-state index contributed by atoms with van der Waals surface area (Å²) < 4.78 is 45.5. The van der Waals surface area contributed by atoms with Crippen LogP contribution in [0.5, 0.6) is 0 Å². The number of carbonyl (C=O) groups is 3. The Kier molecular flexibility index (Phi) is 15.3. The smallest absolute Gasteiger partial charge is 1.00 e. The summed E-state index contributed by atoms with van der Waals surface area (Å²) in [6.45, 7) is 10.5. The van der Waals surface area contributed by atoms with Crippen LogP contribution in [0.1, 0.15) is 41.5 Å². The van der Waals surface area contributed by atoms with Crippen molar-refractivity contribution in [3.8, 4) is 0 Å². The summed E-state index contributed by atoms with van der Waals surface area (Å²) in [6, 6.07) is 0. The molecule has 0 aromatic carbocycles. The summed E-state index contributed by atoms with van der Waals surface area (Å²) in [5, 5.41) is 0. The molecule has 0 saturated carbocycles. The molecule has 0 aliphatic carbocycles. The quantitative estimate of drug-likeness (QED) is 0.0912. The van der Waals surface area contributed by atoms with E-state index in [1.54, 1.807) is 6.92 Å². The topological polar surface area (TPSA) is 133 Å². The van der Waals surface area contributed by atoms with Gasteiger partial charge in [0, 0.05) is 11.1 Å². The first-order chi connectivity index (χ1) is 12.8. The number of ether oxygens (including phenoxy) is 3. The fourth-order valence-corrected chi connectivity index (χ4v) is 2.58. The van der Waals surface area contributed by atoms with E-state index in [4.69, 9.17) is 18.8 Å². The molecule has 29 heavy (non-hydrogen) atoms. The van der Waals surface area contributed by atoms with E-state index in [-0.39, 0.29) is 83.4 Å². The number of hydrogen-bond acceptors (Lipinski definition) is 8. The van der Waals surface area contributed by atoms with E-state index in [0.29, 0.717) is 6.42 Å². The van der Waals surface area contributed by atoms with Crippen molar-refractivity contribution in [3.63, 3.8) is 0 Å². The Morgan fingerprint density at radius 1 is 1.00 bits per heavy atom. The molecular weight excluding hydrogens is 431 g/mol. The molecule has 0 atom stereocenters. The van der Waals surface area contributed by atoms with Gasteiger partial charge in [0.1, 0.15) is 18.6 Å². The van der Waals surface area contributed by atoms with Crippen LogP contribution >= 0.6 is 0 Å². The van der Waals surface area contributed by atoms with Gasteiger partial charge in [-0.05, 0) is 26.7 Å². The maximum atomic E-state index is 12.7. The minimum atomic E-state index is -4.18. The Labute approximate surface area is 215 Å². The van der Waals surface area contributed by atoms with Crippen LogP contribution < -0.4 is 51.4 Å². The largest absolute Gasteiger partial charge is 1.00 e. The molecule has 0 saturated heterocycles. The summed E-state index contributed by atoms with van der Waals surface area (Å²) >= 11 is 0. The van der Waals surface area contributed by atoms with Crippen LogP contribution in [0.15, 0.2) is 24.3 Å². The van der Waals surface area contributed by atoms with Crippen LogP contribution in [0, 0.1) is 5.41 Å². The van der Waals surface area contributed by atoms with E-state index in [9.17, 15) is 22.8 Å². The maximum Gasteiger partial charge on any atom is 1.00 e. The van der Waals surface area contributed by atoms with E-state index < -0.39 is 52.4 Å². The minimum Gasteiger partial charge on any atom is -1.00 e. The molecule has 0 radical (unpaired) electrons. The summed E-state index contributed by atoms with van der Waals surface area (Å²) in [5.74, 6) is -2.82. The van der Waals surface area contributed by atoms with E-state index in [1.807, 2.05) is 0 Å². The van der Waals surface area contributed by atoms with Crippen molar-refractivity contribution in [1.29, 1.82) is 0 Å². The van der Waals surface area contributed by atoms with Crippen LogP contribution in [0.3, 0.4) is 0 Å². The molecule has 0 bridgehead atoms. The van der Waals surface area contributed by atoms with E-state index in [0.717, 1.165) is 0 Å². The molecule has 0 aliphatic heterocycles. The van der Waals surface area contributed by atoms with Crippen LogP contribution in [0.2, 0.25) is 0 Å². The summed E-state index contributed by atoms with van der Waals surface area (Å²) in [4.78, 5) is 36.2. The fourth-order valence-electron chi connectivity index (χ4n) is 2.10. The predicted octanol–water partition coefficient (Wildman–Crippen LogP) is -1.05. The Morgan fingerprint density at radius 3 is 1.79 bits per heavy atom. The standard InChI is InChI=1S/C18H28O9S.K.H/c1-6-8-18(11-26-15(19)13(2)3,12-27-16(20)14(4)5)17(21)25-9-7-10-28(22,23)24;;/h2,4,6-12H2,1,3,5H3,(H,22,23,24);;/q;+1;-1. The predicted molar refractivity (Wildman–Crippen MR) is 102 cm³/mol. The molecule has 0 fully saturated rings. The number of carbonyl (C=O) groups excluding carboxylic acids is 3. The molecule has 0 heterocycles. The third kappa shape index (κ3) is 12.7. The first-order valence-corrected chi connectivity index (χ1v) is 10.2. The van der Waals surface area contributed by atoms with Crippen molar-refractivity contribution in [3.05, 3.63) is 24.3 Å². The first-order valence-electron chi connectivity index (χ1n) is 8.62. The van der Waals surface area contributed by atoms with Gasteiger partial charge in [0.25, 0.3) is 10.1 Å². The second-order valence-electron chi connectivity index (χ2n) is 6.52. The summed E-state index contributed by atoms with van der Waals surface area (Å²) in [6.07, 6.45) is 0.538. The molecule has 1 N–H and O–H groups in total. The third-order valence-electron chi connectivity index (χ3n) is 3.60. The second kappa shape index (κ2) is 14.4. The van der Waals surface area contributed by atoms with Crippen molar-refractivity contribution in [2.45, 2.75) is 40.0 Å². The molecule has 0 aromatic rings. The molecule has 0 aliphatic rings. The zero-order valence-corrected chi connectivity index (χ0v) is 21.4. The Morgan fingerprint density at radius 2 is 1.45 bits per heavy atom. The van der Waals surface area contributed by atoms with Gasteiger partial charge in [0.2, 0.25) is 0 Å². The van der Waals surface area contributed by atoms with Gasteiger partial charge in [-0.1, -0.05) is 26.5 Å². The summed E-state index contributed by atoms with van der Waals surface area (Å²) in [7, 11) is -4.18. The molecular formula is C18H29KO9S. The van der Waals surface area contributed by atoms with Crippen LogP contribution in [-0.4, -0.2) is 56.5 Å². The monoisotopic (exact) mass is 460 g/mol. The van der Waals surface area contributed by atoms with Gasteiger partial charge in [-0.2, -0.15) is 8.42 Å². The fraction of sp³-hybridized carbons (Fsp3) is 0.611. The number of hydrogen-bond donors (Lipinski definition) is 1. The molecule has 162 valence electrons. The van der Waals surface area contributed by atoms with Crippen molar-refractivity contribution in [2.75, 3.05) is 25.6 Å². The van der Waals surface area contributed by atoms with Gasteiger partial charge >= 0.3 is 69.3 Å². The van der Waals surface area contributed by atoms with E-state index >= 15 is 0 Å². The van der Waals surface area contributed by atoms with Crippen LogP contribution in [-0.2, 0) is 38.7 Å². The zero-order valence-electron chi connectivity index (χ0n) is 18.5. The van der Waals surface area contributed by atoms with Gasteiger partial charge in [-0.25, -0.2) is 9.59 Å². The average molecular weight is 461 g/mol. The Hall–Kier alpha value is -0.564. The van der Waals surface area contributed by atoms with Gasteiger partial charge < -0.3 is 15.6 Å². The molecule has 9 nitrogen and oxygen atoms in total. The van der Waals surface area contributed by atoms with Crippen LogP contribution in [0.25, 0.3) is 0 Å². The van der Waals surface area contributed by atoms with Crippen LogP contribution in [0.4, 0.5) is 0 Å². The second-order valence-corrected chi connectivity index (χ2v) is 8.09. The van der Waals surface area contributed by atoms with Crippen molar-refractivity contribution in [1.82, 2.24) is 0 Å². The van der Waals surface area contributed by atoms with Crippen molar-refractivity contribution in [2.24, 2.45) is 5.41 Å². The molecule has 11 heteroatoms. The average Bonchev–Trinajstić information content (AvgIpc) is 2.59. The SMILES string of the molecule is C=C(C)C(=O)OCC(CCC)(COC(=O)C(=C)C)C(=O)OCCCS(=O)(=O)O.[H-].[K+]. The molecule has 0 aromatic heterocycles. The van der Waals surface area contributed by atoms with Gasteiger partial charge in [-0.3, -0.25) is 9.35 Å². The first kappa shape index (κ1) is 30.6.